The molecule has 4 heteroatoms. The van der Waals surface area contributed by atoms with Crippen molar-refractivity contribution in [2.75, 3.05) is 4.90 Å². The lowest BCUT2D eigenvalue weighted by Gasteiger charge is -2.45. The second-order valence-corrected chi connectivity index (χ2v) is 4.54. The van der Waals surface area contributed by atoms with E-state index < -0.39 is 12.1 Å². The first-order valence-electron chi connectivity index (χ1n) is 6.08. The molecule has 3 nitrogen and oxygen atoms in total. The first kappa shape index (κ1) is 11.9. The maximum Gasteiger partial charge on any atom is 0.247 e. The molecule has 0 spiro atoms. The fourth-order valence-electron chi connectivity index (χ4n) is 2.44. The zero-order valence-electron chi connectivity index (χ0n) is 10.2. The molecule has 96 valence electrons. The molecule has 2 N–H and O–H groups in total. The van der Waals surface area contributed by atoms with Gasteiger partial charge in [-0.1, -0.05) is 36.4 Å². The molecule has 1 fully saturated rings. The van der Waals surface area contributed by atoms with Crippen LogP contribution in [0, 0.1) is 5.82 Å². The third-order valence-corrected chi connectivity index (χ3v) is 3.40. The van der Waals surface area contributed by atoms with Crippen molar-refractivity contribution in [3.05, 3.63) is 66.0 Å². The van der Waals surface area contributed by atoms with Crippen LogP contribution in [0.3, 0.4) is 0 Å². The lowest BCUT2D eigenvalue weighted by Crippen LogP contribution is -2.63. The van der Waals surface area contributed by atoms with Crippen LogP contribution in [0.15, 0.2) is 54.6 Å². The zero-order valence-corrected chi connectivity index (χ0v) is 10.2. The Kier molecular flexibility index (Phi) is 2.80. The number of nitrogens with two attached hydrogens (primary N) is 1. The van der Waals surface area contributed by atoms with Crippen LogP contribution in [-0.4, -0.2) is 11.9 Å². The van der Waals surface area contributed by atoms with Crippen LogP contribution in [0.25, 0.3) is 0 Å². The number of halogens is 1. The van der Waals surface area contributed by atoms with E-state index in [0.29, 0.717) is 5.56 Å². The molecular weight excluding hydrogens is 243 g/mol. The Morgan fingerprint density at radius 3 is 2.32 bits per heavy atom. The predicted octanol–water partition coefficient (Wildman–Crippen LogP) is 2.24. The SMILES string of the molecule is N[C@H]1C(=O)N(c2ccccc2)[C@H]1c1ccccc1F. The van der Waals surface area contributed by atoms with E-state index in [4.69, 9.17) is 5.73 Å². The van der Waals surface area contributed by atoms with E-state index in [9.17, 15) is 9.18 Å². The van der Waals surface area contributed by atoms with Gasteiger partial charge in [0.25, 0.3) is 0 Å². The van der Waals surface area contributed by atoms with Crippen LogP contribution in [0.5, 0.6) is 0 Å². The van der Waals surface area contributed by atoms with Crippen molar-refractivity contribution in [2.24, 2.45) is 5.73 Å². The fraction of sp³-hybridized carbons (Fsp3) is 0.133. The highest BCUT2D eigenvalue weighted by molar-refractivity contribution is 6.05. The van der Waals surface area contributed by atoms with Gasteiger partial charge in [-0.05, 0) is 18.2 Å². The second-order valence-electron chi connectivity index (χ2n) is 4.54. The number of carbonyl (C=O) groups is 1. The van der Waals surface area contributed by atoms with Crippen molar-refractivity contribution in [2.45, 2.75) is 12.1 Å². The van der Waals surface area contributed by atoms with Gasteiger partial charge in [0.1, 0.15) is 11.9 Å². The van der Waals surface area contributed by atoms with Gasteiger partial charge in [-0.3, -0.25) is 4.79 Å². The maximum absolute atomic E-state index is 13.9. The Bertz CT molecular complexity index is 615. The minimum Gasteiger partial charge on any atom is -0.318 e. The molecular formula is C15H13FN2O. The molecule has 2 aromatic carbocycles. The van der Waals surface area contributed by atoms with Gasteiger partial charge in [0.2, 0.25) is 5.91 Å². The van der Waals surface area contributed by atoms with E-state index in [1.165, 1.54) is 6.07 Å². The van der Waals surface area contributed by atoms with Crippen LogP contribution < -0.4 is 10.6 Å². The number of β-lactam (4-membered cyclic amide) rings is 1. The minimum absolute atomic E-state index is 0.181. The van der Waals surface area contributed by atoms with Gasteiger partial charge in [-0.15, -0.1) is 0 Å². The Morgan fingerprint density at radius 2 is 1.63 bits per heavy atom. The van der Waals surface area contributed by atoms with Gasteiger partial charge in [0, 0.05) is 11.3 Å². The number of nitrogens with zero attached hydrogens (tertiary/aromatic N) is 1. The number of amides is 1. The molecule has 0 bridgehead atoms. The lowest BCUT2D eigenvalue weighted by molar-refractivity contribution is -0.126. The molecule has 0 aliphatic carbocycles. The number of anilines is 1. The summed E-state index contributed by atoms with van der Waals surface area (Å²) in [5, 5.41) is 0. The predicted molar refractivity (Wildman–Crippen MR) is 71.0 cm³/mol. The highest BCUT2D eigenvalue weighted by Crippen LogP contribution is 2.38. The van der Waals surface area contributed by atoms with Crippen molar-refractivity contribution in [1.82, 2.24) is 0 Å². The molecule has 1 aliphatic rings. The smallest absolute Gasteiger partial charge is 0.247 e. The Hall–Kier alpha value is -2.20. The van der Waals surface area contributed by atoms with Gasteiger partial charge < -0.3 is 10.6 Å². The third-order valence-electron chi connectivity index (χ3n) is 3.40. The largest absolute Gasteiger partial charge is 0.318 e. The van der Waals surface area contributed by atoms with Crippen LogP contribution >= 0.6 is 0 Å². The number of hydrogen-bond acceptors (Lipinski definition) is 2. The summed E-state index contributed by atoms with van der Waals surface area (Å²) < 4.78 is 13.9. The number of carbonyl (C=O) groups excluding carboxylic acids is 1. The van der Waals surface area contributed by atoms with E-state index in [0.717, 1.165) is 5.69 Å². The topological polar surface area (TPSA) is 46.3 Å². The standard InChI is InChI=1S/C15H13FN2O/c16-12-9-5-4-8-11(12)14-13(17)15(19)18(14)10-6-2-1-3-7-10/h1-9,13-14H,17H2/t13-,14+/m1/s1. The first-order chi connectivity index (χ1) is 9.20. The lowest BCUT2D eigenvalue weighted by atomic mass is 9.88. The molecule has 0 unspecified atom stereocenters. The summed E-state index contributed by atoms with van der Waals surface area (Å²) >= 11 is 0. The van der Waals surface area contributed by atoms with Crippen molar-refractivity contribution >= 4 is 11.6 Å². The van der Waals surface area contributed by atoms with E-state index in [2.05, 4.69) is 0 Å². The summed E-state index contributed by atoms with van der Waals surface area (Å²) in [4.78, 5) is 13.5. The molecule has 2 aromatic rings. The summed E-state index contributed by atoms with van der Waals surface area (Å²) in [7, 11) is 0. The van der Waals surface area contributed by atoms with Gasteiger partial charge in [-0.2, -0.15) is 0 Å². The summed E-state index contributed by atoms with van der Waals surface area (Å²) in [6.07, 6.45) is 0. The molecule has 19 heavy (non-hydrogen) atoms. The van der Waals surface area contributed by atoms with Crippen LogP contribution in [0.4, 0.5) is 10.1 Å². The molecule has 1 aliphatic heterocycles. The minimum atomic E-state index is -0.683. The molecule has 0 radical (unpaired) electrons. The number of rotatable bonds is 2. The maximum atomic E-state index is 13.9. The van der Waals surface area contributed by atoms with Crippen molar-refractivity contribution in [3.63, 3.8) is 0 Å². The van der Waals surface area contributed by atoms with Gasteiger partial charge >= 0.3 is 0 Å². The molecule has 2 atom stereocenters. The number of hydrogen-bond donors (Lipinski definition) is 1. The summed E-state index contributed by atoms with van der Waals surface area (Å²) in [5.41, 5.74) is 7.03. The second kappa shape index (κ2) is 4.48. The van der Waals surface area contributed by atoms with Crippen LogP contribution in [-0.2, 0) is 4.79 Å². The zero-order chi connectivity index (χ0) is 13.4. The molecule has 1 amide bonds. The Labute approximate surface area is 110 Å². The van der Waals surface area contributed by atoms with E-state index >= 15 is 0 Å². The highest BCUT2D eigenvalue weighted by atomic mass is 19.1. The van der Waals surface area contributed by atoms with E-state index in [1.54, 1.807) is 23.1 Å². The molecule has 3 rings (SSSR count). The van der Waals surface area contributed by atoms with Crippen molar-refractivity contribution < 1.29 is 9.18 Å². The Balaban J connectivity index is 2.01. The summed E-state index contributed by atoms with van der Waals surface area (Å²) in [6, 6.07) is 14.5. The van der Waals surface area contributed by atoms with Crippen LogP contribution in [0.1, 0.15) is 11.6 Å². The normalized spacial score (nSPS) is 22.2. The van der Waals surface area contributed by atoms with Gasteiger partial charge in [0.15, 0.2) is 0 Å². The molecule has 1 heterocycles. The summed E-state index contributed by atoms with van der Waals surface area (Å²) in [6.45, 7) is 0. The quantitative estimate of drug-likeness (QED) is 0.838. The average Bonchev–Trinajstić information content (AvgIpc) is 2.46. The fourth-order valence-corrected chi connectivity index (χ4v) is 2.44. The van der Waals surface area contributed by atoms with Gasteiger partial charge in [-0.25, -0.2) is 4.39 Å². The van der Waals surface area contributed by atoms with Crippen molar-refractivity contribution in [1.29, 1.82) is 0 Å². The first-order valence-corrected chi connectivity index (χ1v) is 6.08. The average molecular weight is 256 g/mol. The van der Waals surface area contributed by atoms with E-state index in [1.807, 2.05) is 30.3 Å². The number of para-hydroxylation sites is 1. The number of benzene rings is 2. The van der Waals surface area contributed by atoms with Crippen LogP contribution in [0.2, 0.25) is 0 Å². The van der Waals surface area contributed by atoms with Crippen molar-refractivity contribution in [3.8, 4) is 0 Å². The molecule has 1 saturated heterocycles. The summed E-state index contributed by atoms with van der Waals surface area (Å²) in [5.74, 6) is -0.518. The molecule has 0 aromatic heterocycles. The third kappa shape index (κ3) is 1.81. The van der Waals surface area contributed by atoms with E-state index in [-0.39, 0.29) is 11.7 Å². The highest BCUT2D eigenvalue weighted by Gasteiger charge is 2.47. The van der Waals surface area contributed by atoms with Gasteiger partial charge in [0.05, 0.1) is 6.04 Å². The Morgan fingerprint density at radius 1 is 1.00 bits per heavy atom. The monoisotopic (exact) mass is 256 g/mol. The molecule has 0 saturated carbocycles.